The average molecular weight is 280 g/mol. The molecule has 2 heterocycles. The van der Waals surface area contributed by atoms with Crippen molar-refractivity contribution in [2.75, 3.05) is 13.1 Å². The molecule has 0 spiro atoms. The Hall–Kier alpha value is -2.18. The molecular weight excluding hydrogens is 264 g/mol. The summed E-state index contributed by atoms with van der Waals surface area (Å²) in [5.74, 6) is -1.27. The van der Waals surface area contributed by atoms with Crippen molar-refractivity contribution in [3.05, 3.63) is 12.2 Å². The lowest BCUT2D eigenvalue weighted by molar-refractivity contribution is -0.192. The van der Waals surface area contributed by atoms with Gasteiger partial charge in [-0.25, -0.2) is 4.79 Å². The van der Waals surface area contributed by atoms with Gasteiger partial charge in [-0.05, 0) is 19.3 Å². The van der Waals surface area contributed by atoms with E-state index in [1.54, 1.807) is 0 Å². The summed E-state index contributed by atoms with van der Waals surface area (Å²) in [5, 5.41) is 1.10. The Morgan fingerprint density at radius 3 is 2.45 bits per heavy atom. The minimum atomic E-state index is -0.461. The summed E-state index contributed by atoms with van der Waals surface area (Å²) >= 11 is 0. The molecule has 1 fully saturated rings. The van der Waals surface area contributed by atoms with E-state index in [0.717, 1.165) is 9.96 Å². The van der Waals surface area contributed by atoms with E-state index in [1.165, 1.54) is 12.2 Å². The molecule has 20 heavy (non-hydrogen) atoms. The highest BCUT2D eigenvalue weighted by molar-refractivity contribution is 6.12. The van der Waals surface area contributed by atoms with Gasteiger partial charge in [-0.1, -0.05) is 0 Å². The van der Waals surface area contributed by atoms with Crippen LogP contribution in [0.3, 0.4) is 0 Å². The fourth-order valence-corrected chi connectivity index (χ4v) is 2.08. The van der Waals surface area contributed by atoms with E-state index in [1.807, 2.05) is 0 Å². The van der Waals surface area contributed by atoms with Gasteiger partial charge in [0.15, 0.2) is 0 Å². The second kappa shape index (κ2) is 6.31. The summed E-state index contributed by atoms with van der Waals surface area (Å²) in [4.78, 5) is 51.3. The lowest BCUT2D eigenvalue weighted by Crippen LogP contribution is -2.31. The largest absolute Gasteiger partial charge is 0.338 e. The van der Waals surface area contributed by atoms with E-state index in [9.17, 15) is 19.2 Å². The van der Waals surface area contributed by atoms with E-state index in [-0.39, 0.29) is 24.1 Å². The molecule has 0 N–H and O–H groups in total. The second-order valence-electron chi connectivity index (χ2n) is 4.68. The van der Waals surface area contributed by atoms with Crippen LogP contribution in [-0.4, -0.2) is 46.7 Å². The van der Waals surface area contributed by atoms with Crippen molar-refractivity contribution in [3.63, 3.8) is 0 Å². The van der Waals surface area contributed by atoms with Crippen molar-refractivity contribution in [1.29, 1.82) is 0 Å². The third-order valence-corrected chi connectivity index (χ3v) is 3.16. The van der Waals surface area contributed by atoms with Crippen molar-refractivity contribution in [3.8, 4) is 0 Å². The van der Waals surface area contributed by atoms with Gasteiger partial charge in [0.05, 0.1) is 6.54 Å². The molecule has 3 amide bonds. The first-order valence-corrected chi connectivity index (χ1v) is 6.62. The lowest BCUT2D eigenvalue weighted by Gasteiger charge is -2.15. The molecule has 0 aromatic carbocycles. The lowest BCUT2D eigenvalue weighted by atomic mass is 10.2. The predicted octanol–water partition coefficient (Wildman–Crippen LogP) is 0.162. The van der Waals surface area contributed by atoms with Gasteiger partial charge in [0.1, 0.15) is 0 Å². The highest BCUT2D eigenvalue weighted by atomic mass is 16.7. The third kappa shape index (κ3) is 3.43. The minimum Gasteiger partial charge on any atom is -0.338 e. The van der Waals surface area contributed by atoms with E-state index in [0.29, 0.717) is 38.8 Å². The number of carbonyl (C=O) groups is 4. The monoisotopic (exact) mass is 280 g/mol. The second-order valence-corrected chi connectivity index (χ2v) is 4.68. The number of carbonyl (C=O) groups excluding carboxylic acids is 4. The Morgan fingerprint density at radius 2 is 1.85 bits per heavy atom. The standard InChI is InChI=1S/C13H16N2O5/c16-10-6-7-11(17)14(10)8-2-1-5-13(19)20-15-9-3-4-12(15)18/h6-7H,1-5,8-9H2. The summed E-state index contributed by atoms with van der Waals surface area (Å²) in [7, 11) is 0. The molecule has 0 aromatic heterocycles. The first kappa shape index (κ1) is 14.2. The van der Waals surface area contributed by atoms with Crippen molar-refractivity contribution < 1.29 is 24.0 Å². The Kier molecular flexibility index (Phi) is 4.49. The summed E-state index contributed by atoms with van der Waals surface area (Å²) in [6.07, 6.45) is 4.77. The topological polar surface area (TPSA) is 84.0 Å². The van der Waals surface area contributed by atoms with Gasteiger partial charge in [-0.2, -0.15) is 5.06 Å². The van der Waals surface area contributed by atoms with Crippen LogP contribution >= 0.6 is 0 Å². The van der Waals surface area contributed by atoms with Crippen LogP contribution in [0.4, 0.5) is 0 Å². The molecule has 0 aromatic rings. The molecule has 2 aliphatic heterocycles. The van der Waals surface area contributed by atoms with Gasteiger partial charge >= 0.3 is 5.97 Å². The number of hydrogen-bond acceptors (Lipinski definition) is 5. The Balaban J connectivity index is 1.61. The first-order chi connectivity index (χ1) is 9.58. The number of imide groups is 1. The fourth-order valence-electron chi connectivity index (χ4n) is 2.08. The van der Waals surface area contributed by atoms with Crippen LogP contribution in [-0.2, 0) is 24.0 Å². The van der Waals surface area contributed by atoms with E-state index >= 15 is 0 Å². The number of hydroxylamine groups is 2. The molecule has 0 bridgehead atoms. The van der Waals surface area contributed by atoms with Gasteiger partial charge < -0.3 is 4.84 Å². The van der Waals surface area contributed by atoms with Crippen molar-refractivity contribution >= 4 is 23.7 Å². The molecule has 7 nitrogen and oxygen atoms in total. The number of nitrogens with zero attached hydrogens (tertiary/aromatic N) is 2. The van der Waals surface area contributed by atoms with E-state index < -0.39 is 5.97 Å². The highest BCUT2D eigenvalue weighted by Crippen LogP contribution is 2.12. The van der Waals surface area contributed by atoms with Crippen LogP contribution in [0.2, 0.25) is 0 Å². The molecule has 7 heteroatoms. The Morgan fingerprint density at radius 1 is 1.15 bits per heavy atom. The summed E-state index contributed by atoms with van der Waals surface area (Å²) in [6.45, 7) is 0.744. The zero-order valence-electron chi connectivity index (χ0n) is 11.0. The van der Waals surface area contributed by atoms with Gasteiger partial charge in [0.2, 0.25) is 0 Å². The third-order valence-electron chi connectivity index (χ3n) is 3.16. The fraction of sp³-hybridized carbons (Fsp3) is 0.538. The SMILES string of the molecule is O=C(CCCCN1C(=O)C=CC1=O)ON1CCCC1=O. The first-order valence-electron chi connectivity index (χ1n) is 6.62. The van der Waals surface area contributed by atoms with Crippen molar-refractivity contribution in [2.45, 2.75) is 32.1 Å². The van der Waals surface area contributed by atoms with E-state index in [2.05, 4.69) is 0 Å². The normalized spacial score (nSPS) is 18.3. The van der Waals surface area contributed by atoms with Gasteiger partial charge in [0.25, 0.3) is 17.7 Å². The van der Waals surface area contributed by atoms with Crippen LogP contribution in [0.15, 0.2) is 12.2 Å². The molecule has 0 radical (unpaired) electrons. The minimum absolute atomic E-state index is 0.160. The van der Waals surface area contributed by atoms with Crippen LogP contribution in [0.1, 0.15) is 32.1 Å². The van der Waals surface area contributed by atoms with Crippen LogP contribution in [0.5, 0.6) is 0 Å². The van der Waals surface area contributed by atoms with Crippen molar-refractivity contribution in [2.24, 2.45) is 0 Å². The number of rotatable bonds is 6. The zero-order valence-corrected chi connectivity index (χ0v) is 11.0. The molecule has 0 aliphatic carbocycles. The molecule has 2 aliphatic rings. The molecule has 2 rings (SSSR count). The molecule has 0 atom stereocenters. The molecular formula is C13H16N2O5. The van der Waals surface area contributed by atoms with Gasteiger partial charge in [-0.15, -0.1) is 0 Å². The molecule has 108 valence electrons. The van der Waals surface area contributed by atoms with Crippen LogP contribution < -0.4 is 0 Å². The summed E-state index contributed by atoms with van der Waals surface area (Å²) in [5.41, 5.74) is 0. The van der Waals surface area contributed by atoms with Crippen LogP contribution in [0, 0.1) is 0 Å². The summed E-state index contributed by atoms with van der Waals surface area (Å²) < 4.78 is 0. The number of amides is 3. The maximum atomic E-state index is 11.5. The molecule has 0 saturated carbocycles. The van der Waals surface area contributed by atoms with E-state index in [4.69, 9.17) is 4.84 Å². The number of unbranched alkanes of at least 4 members (excludes halogenated alkanes) is 1. The Bertz CT molecular complexity index is 453. The van der Waals surface area contributed by atoms with Crippen LogP contribution in [0.25, 0.3) is 0 Å². The highest BCUT2D eigenvalue weighted by Gasteiger charge is 2.24. The van der Waals surface area contributed by atoms with Gasteiger partial charge in [-0.3, -0.25) is 19.3 Å². The maximum absolute atomic E-state index is 11.5. The molecule has 0 unspecified atom stereocenters. The zero-order chi connectivity index (χ0) is 14.5. The summed E-state index contributed by atoms with van der Waals surface area (Å²) in [6, 6.07) is 0. The quantitative estimate of drug-likeness (QED) is 0.511. The average Bonchev–Trinajstić information content (AvgIpc) is 2.94. The predicted molar refractivity (Wildman–Crippen MR) is 66.8 cm³/mol. The maximum Gasteiger partial charge on any atom is 0.332 e. The number of hydrogen-bond donors (Lipinski definition) is 0. The van der Waals surface area contributed by atoms with Gasteiger partial charge in [0, 0.05) is 31.5 Å². The molecule has 1 saturated heterocycles. The smallest absolute Gasteiger partial charge is 0.332 e. The van der Waals surface area contributed by atoms with Crippen molar-refractivity contribution in [1.82, 2.24) is 9.96 Å². The Labute approximate surface area is 116 Å².